The Morgan fingerprint density at radius 2 is 2.05 bits per heavy atom. The Morgan fingerprint density at radius 1 is 1.29 bits per heavy atom. The Morgan fingerprint density at radius 3 is 2.67 bits per heavy atom. The molecule has 0 bridgehead atoms. The molecule has 2 aromatic rings. The van der Waals surface area contributed by atoms with Gasteiger partial charge in [-0.1, -0.05) is 25.1 Å². The average molecular weight is 303 g/mol. The highest BCUT2D eigenvalue weighted by molar-refractivity contribution is 7.99. The Hall–Kier alpha value is -1.26. The van der Waals surface area contributed by atoms with Crippen molar-refractivity contribution in [2.45, 2.75) is 37.6 Å². The summed E-state index contributed by atoms with van der Waals surface area (Å²) in [6.45, 7) is 5.33. The summed E-state index contributed by atoms with van der Waals surface area (Å²) in [7, 11) is 2.03. The van der Waals surface area contributed by atoms with Gasteiger partial charge in [0.25, 0.3) is 0 Å². The topological polar surface area (TPSA) is 29.9 Å². The van der Waals surface area contributed by atoms with E-state index in [0.29, 0.717) is 6.04 Å². The number of rotatable bonds is 8. The number of benzene rings is 1. The molecule has 2 rings (SSSR count). The maximum Gasteiger partial charge on any atom is 0.0596 e. The van der Waals surface area contributed by atoms with Crippen LogP contribution in [0, 0.1) is 6.92 Å². The molecule has 1 aromatic carbocycles. The molecule has 1 N–H and O–H groups in total. The molecule has 0 saturated carbocycles. The minimum atomic E-state index is 0.477. The molecule has 114 valence electrons. The molecule has 1 heterocycles. The zero-order chi connectivity index (χ0) is 15.1. The van der Waals surface area contributed by atoms with Crippen LogP contribution in [0.25, 0.3) is 0 Å². The summed E-state index contributed by atoms with van der Waals surface area (Å²) in [6, 6.07) is 13.3. The first-order valence-electron chi connectivity index (χ1n) is 7.59. The first-order valence-corrected chi connectivity index (χ1v) is 8.58. The van der Waals surface area contributed by atoms with Crippen LogP contribution < -0.4 is 5.32 Å². The average Bonchev–Trinajstić information content (AvgIpc) is 2.80. The molecule has 0 aliphatic heterocycles. The molecule has 4 heteroatoms. The monoisotopic (exact) mass is 303 g/mol. The molecule has 1 atom stereocenters. The van der Waals surface area contributed by atoms with Crippen LogP contribution in [0.15, 0.2) is 41.3 Å². The van der Waals surface area contributed by atoms with Gasteiger partial charge < -0.3 is 5.32 Å². The van der Waals surface area contributed by atoms with Crippen LogP contribution in [0.4, 0.5) is 0 Å². The zero-order valence-corrected chi connectivity index (χ0v) is 14.0. The van der Waals surface area contributed by atoms with Gasteiger partial charge >= 0.3 is 0 Å². The van der Waals surface area contributed by atoms with E-state index in [-0.39, 0.29) is 0 Å². The van der Waals surface area contributed by atoms with Gasteiger partial charge in [-0.15, -0.1) is 11.8 Å². The van der Waals surface area contributed by atoms with Gasteiger partial charge in [-0.3, -0.25) is 4.68 Å². The zero-order valence-electron chi connectivity index (χ0n) is 13.2. The van der Waals surface area contributed by atoms with E-state index in [4.69, 9.17) is 0 Å². The second-order valence-electron chi connectivity index (χ2n) is 5.38. The quantitative estimate of drug-likeness (QED) is 0.758. The molecule has 0 amide bonds. The normalized spacial score (nSPS) is 12.5. The third kappa shape index (κ3) is 5.21. The van der Waals surface area contributed by atoms with Crippen molar-refractivity contribution in [3.8, 4) is 0 Å². The van der Waals surface area contributed by atoms with Crippen LogP contribution in [-0.4, -0.2) is 28.1 Å². The van der Waals surface area contributed by atoms with Gasteiger partial charge in [-0.05, 0) is 38.1 Å². The molecule has 0 radical (unpaired) electrons. The summed E-state index contributed by atoms with van der Waals surface area (Å²) in [4.78, 5) is 1.34. The fourth-order valence-corrected chi connectivity index (χ4v) is 3.34. The minimum absolute atomic E-state index is 0.477. The number of nitrogens with one attached hydrogen (secondary N) is 1. The summed E-state index contributed by atoms with van der Waals surface area (Å²) < 4.78 is 2.00. The standard InChI is InChI=1S/C17H25N3S/c1-4-10-18-15(12-16-11-14(2)19-20(16)3)13-21-17-8-6-5-7-9-17/h5-9,11,15,18H,4,10,12-13H2,1-3H3. The van der Waals surface area contributed by atoms with E-state index in [1.54, 1.807) is 0 Å². The third-order valence-electron chi connectivity index (χ3n) is 3.43. The highest BCUT2D eigenvalue weighted by Gasteiger charge is 2.12. The van der Waals surface area contributed by atoms with E-state index in [0.717, 1.165) is 30.8 Å². The number of hydrogen-bond donors (Lipinski definition) is 1. The highest BCUT2D eigenvalue weighted by Crippen LogP contribution is 2.19. The molecular weight excluding hydrogens is 278 g/mol. The predicted molar refractivity (Wildman–Crippen MR) is 90.9 cm³/mol. The van der Waals surface area contributed by atoms with E-state index in [2.05, 4.69) is 60.7 Å². The van der Waals surface area contributed by atoms with Crippen LogP contribution in [0.5, 0.6) is 0 Å². The van der Waals surface area contributed by atoms with E-state index in [1.807, 2.05) is 23.5 Å². The molecule has 1 unspecified atom stereocenters. The Balaban J connectivity index is 1.95. The number of aromatic nitrogens is 2. The number of aryl methyl sites for hydroxylation is 2. The van der Waals surface area contributed by atoms with E-state index < -0.39 is 0 Å². The summed E-state index contributed by atoms with van der Waals surface area (Å²) in [5, 5.41) is 8.11. The maximum atomic E-state index is 4.44. The molecule has 21 heavy (non-hydrogen) atoms. The van der Waals surface area contributed by atoms with Crippen molar-refractivity contribution < 1.29 is 0 Å². The lowest BCUT2D eigenvalue weighted by Crippen LogP contribution is -2.34. The molecule has 0 aliphatic carbocycles. The first-order chi connectivity index (χ1) is 10.2. The second-order valence-corrected chi connectivity index (χ2v) is 6.47. The van der Waals surface area contributed by atoms with Gasteiger partial charge in [0.15, 0.2) is 0 Å². The number of thioether (sulfide) groups is 1. The van der Waals surface area contributed by atoms with E-state index >= 15 is 0 Å². The fourth-order valence-electron chi connectivity index (χ4n) is 2.36. The lowest BCUT2D eigenvalue weighted by atomic mass is 10.1. The highest BCUT2D eigenvalue weighted by atomic mass is 32.2. The molecule has 0 saturated heterocycles. The Labute approximate surface area is 132 Å². The van der Waals surface area contributed by atoms with Crippen molar-refractivity contribution in [1.29, 1.82) is 0 Å². The van der Waals surface area contributed by atoms with E-state index in [9.17, 15) is 0 Å². The summed E-state index contributed by atoms with van der Waals surface area (Å²) >= 11 is 1.92. The lowest BCUT2D eigenvalue weighted by Gasteiger charge is -2.18. The molecular formula is C17H25N3S. The van der Waals surface area contributed by atoms with Gasteiger partial charge in [0.1, 0.15) is 0 Å². The van der Waals surface area contributed by atoms with Gasteiger partial charge in [-0.2, -0.15) is 5.10 Å². The van der Waals surface area contributed by atoms with Crippen molar-refractivity contribution in [1.82, 2.24) is 15.1 Å². The van der Waals surface area contributed by atoms with Crippen LogP contribution >= 0.6 is 11.8 Å². The smallest absolute Gasteiger partial charge is 0.0596 e. The third-order valence-corrected chi connectivity index (χ3v) is 4.61. The summed E-state index contributed by atoms with van der Waals surface area (Å²) in [5.74, 6) is 1.08. The SMILES string of the molecule is CCCNC(CSc1ccccc1)Cc1cc(C)nn1C. The van der Waals surface area contributed by atoms with Crippen molar-refractivity contribution in [2.75, 3.05) is 12.3 Å². The molecule has 0 aliphatic rings. The van der Waals surface area contributed by atoms with Gasteiger partial charge in [0.05, 0.1) is 5.69 Å². The first kappa shape index (κ1) is 16.1. The predicted octanol–water partition coefficient (Wildman–Crippen LogP) is 3.43. The lowest BCUT2D eigenvalue weighted by molar-refractivity contribution is 0.531. The molecule has 0 fully saturated rings. The van der Waals surface area contributed by atoms with Crippen LogP contribution in [-0.2, 0) is 13.5 Å². The fraction of sp³-hybridized carbons (Fsp3) is 0.471. The van der Waals surface area contributed by atoms with Crippen LogP contribution in [0.1, 0.15) is 24.7 Å². The van der Waals surface area contributed by atoms with Crippen molar-refractivity contribution in [2.24, 2.45) is 7.05 Å². The number of nitrogens with zero attached hydrogens (tertiary/aromatic N) is 2. The number of hydrogen-bond acceptors (Lipinski definition) is 3. The molecule has 3 nitrogen and oxygen atoms in total. The largest absolute Gasteiger partial charge is 0.313 e. The summed E-state index contributed by atoms with van der Waals surface area (Å²) in [5.41, 5.74) is 2.40. The Bertz CT molecular complexity index is 536. The van der Waals surface area contributed by atoms with Crippen LogP contribution in [0.2, 0.25) is 0 Å². The van der Waals surface area contributed by atoms with Crippen LogP contribution in [0.3, 0.4) is 0 Å². The van der Waals surface area contributed by atoms with Gasteiger partial charge in [-0.25, -0.2) is 0 Å². The Kier molecular flexibility index (Phi) is 6.33. The summed E-state index contributed by atoms with van der Waals surface area (Å²) in [6.07, 6.45) is 2.19. The maximum absolute atomic E-state index is 4.44. The minimum Gasteiger partial charge on any atom is -0.313 e. The van der Waals surface area contributed by atoms with Gasteiger partial charge in [0.2, 0.25) is 0 Å². The second kappa shape index (κ2) is 8.25. The van der Waals surface area contributed by atoms with Crippen molar-refractivity contribution in [3.63, 3.8) is 0 Å². The van der Waals surface area contributed by atoms with E-state index in [1.165, 1.54) is 10.6 Å². The van der Waals surface area contributed by atoms with Gasteiger partial charge in [0, 0.05) is 35.9 Å². The molecule has 0 spiro atoms. The van der Waals surface area contributed by atoms with Crippen molar-refractivity contribution in [3.05, 3.63) is 47.8 Å². The van der Waals surface area contributed by atoms with Crippen molar-refractivity contribution >= 4 is 11.8 Å². The molecule has 1 aromatic heterocycles.